The normalized spacial score (nSPS) is 15.3. The van der Waals surface area contributed by atoms with E-state index in [1.165, 1.54) is 12.0 Å². The highest BCUT2D eigenvalue weighted by Gasteiger charge is 2.16. The zero-order chi connectivity index (χ0) is 15.1. The predicted molar refractivity (Wildman–Crippen MR) is 84.3 cm³/mol. The number of hydrogen-bond donors (Lipinski definition) is 1. The van der Waals surface area contributed by atoms with Gasteiger partial charge >= 0.3 is 0 Å². The summed E-state index contributed by atoms with van der Waals surface area (Å²) in [6, 6.07) is 8.39. The molecule has 1 heterocycles. The number of nitrogens with one attached hydrogen (secondary N) is 1. The molecule has 0 aliphatic carbocycles. The summed E-state index contributed by atoms with van der Waals surface area (Å²) >= 11 is 0. The van der Waals surface area contributed by atoms with E-state index in [0.29, 0.717) is 6.04 Å². The second kappa shape index (κ2) is 8.03. The van der Waals surface area contributed by atoms with Crippen molar-refractivity contribution in [2.24, 2.45) is 0 Å². The molecule has 4 heteroatoms. The molecule has 1 aliphatic rings. The first-order valence-electron chi connectivity index (χ1n) is 7.88. The fourth-order valence-corrected chi connectivity index (χ4v) is 2.45. The molecule has 0 saturated carbocycles. The van der Waals surface area contributed by atoms with Gasteiger partial charge in [0.05, 0.1) is 0 Å². The number of benzene rings is 1. The molecule has 21 heavy (non-hydrogen) atoms. The van der Waals surface area contributed by atoms with E-state index >= 15 is 0 Å². The lowest BCUT2D eigenvalue weighted by molar-refractivity contribution is -0.134. The van der Waals surface area contributed by atoms with Crippen LogP contribution in [0.5, 0.6) is 5.75 Å². The van der Waals surface area contributed by atoms with Crippen molar-refractivity contribution in [3.63, 3.8) is 0 Å². The van der Waals surface area contributed by atoms with Gasteiger partial charge in [0.2, 0.25) is 0 Å². The standard InChI is InChI=1S/C17H26N2O2/c1-14(2)18-12-15-7-6-8-16(11-15)21-13-17(20)19-9-4-3-5-10-19/h6-8,11,14,18H,3-5,9-10,12-13H2,1-2H3. The third-order valence-electron chi connectivity index (χ3n) is 3.68. The first-order chi connectivity index (χ1) is 10.1. The topological polar surface area (TPSA) is 41.6 Å². The van der Waals surface area contributed by atoms with E-state index in [1.54, 1.807) is 0 Å². The van der Waals surface area contributed by atoms with Crippen LogP contribution >= 0.6 is 0 Å². The third-order valence-corrected chi connectivity index (χ3v) is 3.68. The van der Waals surface area contributed by atoms with Gasteiger partial charge in [-0.05, 0) is 37.0 Å². The van der Waals surface area contributed by atoms with Gasteiger partial charge < -0.3 is 15.0 Å². The third kappa shape index (κ3) is 5.38. The van der Waals surface area contributed by atoms with Crippen molar-refractivity contribution in [2.75, 3.05) is 19.7 Å². The van der Waals surface area contributed by atoms with Crippen molar-refractivity contribution < 1.29 is 9.53 Å². The molecule has 1 aliphatic heterocycles. The Bertz CT molecular complexity index is 454. The molecule has 0 bridgehead atoms. The van der Waals surface area contributed by atoms with E-state index in [1.807, 2.05) is 23.1 Å². The van der Waals surface area contributed by atoms with E-state index in [-0.39, 0.29) is 12.5 Å². The van der Waals surface area contributed by atoms with E-state index in [0.717, 1.165) is 38.2 Å². The molecule has 1 saturated heterocycles. The molecular formula is C17H26N2O2. The molecule has 116 valence electrons. The zero-order valence-electron chi connectivity index (χ0n) is 13.1. The Kier molecular flexibility index (Phi) is 6.05. The molecular weight excluding hydrogens is 264 g/mol. The maximum absolute atomic E-state index is 12.1. The van der Waals surface area contributed by atoms with Crippen molar-refractivity contribution in [3.8, 4) is 5.75 Å². The molecule has 0 unspecified atom stereocenters. The molecule has 4 nitrogen and oxygen atoms in total. The van der Waals surface area contributed by atoms with Crippen molar-refractivity contribution >= 4 is 5.91 Å². The first-order valence-corrected chi connectivity index (χ1v) is 7.88. The molecule has 0 radical (unpaired) electrons. The lowest BCUT2D eigenvalue weighted by Crippen LogP contribution is -2.38. The fourth-order valence-electron chi connectivity index (χ4n) is 2.45. The van der Waals surface area contributed by atoms with E-state index in [9.17, 15) is 4.79 Å². The van der Waals surface area contributed by atoms with Crippen molar-refractivity contribution in [2.45, 2.75) is 45.7 Å². The van der Waals surface area contributed by atoms with Gasteiger partial charge in [-0.15, -0.1) is 0 Å². The summed E-state index contributed by atoms with van der Waals surface area (Å²) < 4.78 is 5.65. The number of rotatable bonds is 6. The van der Waals surface area contributed by atoms with Gasteiger partial charge in [0, 0.05) is 25.7 Å². The number of ether oxygens (including phenoxy) is 1. The van der Waals surface area contributed by atoms with E-state index in [4.69, 9.17) is 4.74 Å². The smallest absolute Gasteiger partial charge is 0.260 e. The van der Waals surface area contributed by atoms with Crippen molar-refractivity contribution in [1.82, 2.24) is 10.2 Å². The average Bonchev–Trinajstić information content (AvgIpc) is 2.52. The Labute approximate surface area is 127 Å². The van der Waals surface area contributed by atoms with Crippen LogP contribution in [0.15, 0.2) is 24.3 Å². The SMILES string of the molecule is CC(C)NCc1cccc(OCC(=O)N2CCCCC2)c1. The number of amides is 1. The van der Waals surface area contributed by atoms with Crippen LogP contribution in [0.1, 0.15) is 38.7 Å². The van der Waals surface area contributed by atoms with Gasteiger partial charge in [0.25, 0.3) is 5.91 Å². The molecule has 1 N–H and O–H groups in total. The van der Waals surface area contributed by atoms with E-state index in [2.05, 4.69) is 25.2 Å². The Balaban J connectivity index is 1.82. The Morgan fingerprint density at radius 1 is 1.29 bits per heavy atom. The maximum Gasteiger partial charge on any atom is 0.260 e. The molecule has 0 aromatic heterocycles. The molecule has 0 spiro atoms. The maximum atomic E-state index is 12.1. The summed E-state index contributed by atoms with van der Waals surface area (Å²) in [7, 11) is 0. The monoisotopic (exact) mass is 290 g/mol. The fraction of sp³-hybridized carbons (Fsp3) is 0.588. The van der Waals surface area contributed by atoms with E-state index < -0.39 is 0 Å². The molecule has 1 fully saturated rings. The van der Waals surface area contributed by atoms with Crippen LogP contribution in [0.3, 0.4) is 0 Å². The lowest BCUT2D eigenvalue weighted by atomic mass is 10.1. The number of piperidine rings is 1. The minimum absolute atomic E-state index is 0.0976. The highest BCUT2D eigenvalue weighted by Crippen LogP contribution is 2.14. The number of hydrogen-bond acceptors (Lipinski definition) is 3. The van der Waals surface area contributed by atoms with Gasteiger partial charge in [-0.1, -0.05) is 26.0 Å². The summed E-state index contributed by atoms with van der Waals surface area (Å²) in [5.74, 6) is 0.865. The molecule has 1 amide bonds. The lowest BCUT2D eigenvalue weighted by Gasteiger charge is -2.26. The first kappa shape index (κ1) is 15.8. The number of likely N-dealkylation sites (tertiary alicyclic amines) is 1. The minimum atomic E-state index is 0.0976. The predicted octanol–water partition coefficient (Wildman–Crippen LogP) is 2.58. The van der Waals surface area contributed by atoms with Gasteiger partial charge in [-0.2, -0.15) is 0 Å². The highest BCUT2D eigenvalue weighted by atomic mass is 16.5. The number of carbonyl (C=O) groups is 1. The minimum Gasteiger partial charge on any atom is -0.484 e. The Morgan fingerprint density at radius 2 is 2.05 bits per heavy atom. The van der Waals surface area contributed by atoms with Crippen molar-refractivity contribution in [3.05, 3.63) is 29.8 Å². The zero-order valence-corrected chi connectivity index (χ0v) is 13.1. The van der Waals surface area contributed by atoms with Crippen LogP contribution < -0.4 is 10.1 Å². The summed E-state index contributed by atoms with van der Waals surface area (Å²) in [5, 5.41) is 3.37. The summed E-state index contributed by atoms with van der Waals surface area (Å²) in [5.41, 5.74) is 1.17. The molecule has 1 aromatic rings. The van der Waals surface area contributed by atoms with Gasteiger partial charge in [0.15, 0.2) is 6.61 Å². The molecule has 1 aromatic carbocycles. The van der Waals surface area contributed by atoms with Gasteiger partial charge in [-0.3, -0.25) is 4.79 Å². The van der Waals surface area contributed by atoms with Gasteiger partial charge in [-0.25, -0.2) is 0 Å². The second-order valence-electron chi connectivity index (χ2n) is 5.91. The molecule has 2 rings (SSSR count). The van der Waals surface area contributed by atoms with Crippen LogP contribution in [-0.4, -0.2) is 36.5 Å². The Morgan fingerprint density at radius 3 is 2.76 bits per heavy atom. The van der Waals surface area contributed by atoms with Gasteiger partial charge in [0.1, 0.15) is 5.75 Å². The number of carbonyl (C=O) groups excluding carboxylic acids is 1. The van der Waals surface area contributed by atoms with Crippen LogP contribution in [0.2, 0.25) is 0 Å². The average molecular weight is 290 g/mol. The van der Waals surface area contributed by atoms with Crippen molar-refractivity contribution in [1.29, 1.82) is 0 Å². The summed E-state index contributed by atoms with van der Waals surface area (Å²) in [4.78, 5) is 14.0. The van der Waals surface area contributed by atoms with Crippen LogP contribution in [0.25, 0.3) is 0 Å². The quantitative estimate of drug-likeness (QED) is 0.875. The molecule has 0 atom stereocenters. The summed E-state index contributed by atoms with van der Waals surface area (Å²) in [6.45, 7) is 6.95. The van der Waals surface area contributed by atoms with Crippen LogP contribution in [0.4, 0.5) is 0 Å². The highest BCUT2D eigenvalue weighted by molar-refractivity contribution is 5.77. The Hall–Kier alpha value is -1.55. The largest absolute Gasteiger partial charge is 0.484 e. The summed E-state index contributed by atoms with van der Waals surface area (Å²) in [6.07, 6.45) is 3.46. The second-order valence-corrected chi connectivity index (χ2v) is 5.91. The van der Waals surface area contributed by atoms with Crippen LogP contribution in [0, 0.1) is 0 Å². The van der Waals surface area contributed by atoms with Crippen LogP contribution in [-0.2, 0) is 11.3 Å². The number of nitrogens with zero attached hydrogens (tertiary/aromatic N) is 1.